The van der Waals surface area contributed by atoms with Crippen LogP contribution in [0.1, 0.15) is 29.6 Å². The first-order valence-electron chi connectivity index (χ1n) is 6.02. The van der Waals surface area contributed by atoms with E-state index in [2.05, 4.69) is 21.7 Å². The van der Waals surface area contributed by atoms with E-state index in [1.165, 1.54) is 23.3 Å². The number of nitrogens with two attached hydrogens (primary N) is 1. The van der Waals surface area contributed by atoms with E-state index in [4.69, 9.17) is 5.73 Å². The van der Waals surface area contributed by atoms with Crippen molar-refractivity contribution in [1.82, 2.24) is 14.8 Å². The molecule has 2 aromatic heterocycles. The number of aryl methyl sites for hydroxylation is 2. The van der Waals surface area contributed by atoms with E-state index in [0.717, 1.165) is 35.2 Å². The number of nitrogens with zero attached hydrogens (tertiary/aromatic N) is 3. The molecule has 2 aromatic rings. The van der Waals surface area contributed by atoms with Crippen LogP contribution in [-0.4, -0.2) is 14.8 Å². The fourth-order valence-electron chi connectivity index (χ4n) is 2.62. The minimum Gasteiger partial charge on any atom is -0.390 e. The molecule has 0 spiro atoms. The molecule has 5 heteroatoms. The third kappa shape index (κ3) is 1.49. The molecule has 90 valence electrons. The molecule has 0 saturated heterocycles. The number of nitrogen functional groups attached to an aromatic ring is 1. The predicted octanol–water partition coefficient (Wildman–Crippen LogP) is 2.41. The largest absolute Gasteiger partial charge is 0.390 e. The lowest BCUT2D eigenvalue weighted by Gasteiger charge is -2.06. The number of hydrogen-bond acceptors (Lipinski definition) is 4. The Hall–Kier alpha value is -1.36. The van der Waals surface area contributed by atoms with E-state index in [1.807, 2.05) is 6.92 Å². The van der Waals surface area contributed by atoms with Crippen LogP contribution in [0, 0.1) is 6.92 Å². The Balaban J connectivity index is 2.21. The number of hydrogen-bond donors (Lipinski definition) is 1. The van der Waals surface area contributed by atoms with Crippen molar-refractivity contribution in [2.75, 3.05) is 5.73 Å². The molecule has 0 saturated carbocycles. The van der Waals surface area contributed by atoms with Crippen molar-refractivity contribution in [1.29, 1.82) is 0 Å². The number of anilines is 1. The molecule has 3 rings (SSSR count). The summed E-state index contributed by atoms with van der Waals surface area (Å²) in [5.74, 6) is 1.90. The van der Waals surface area contributed by atoms with Crippen LogP contribution in [0.3, 0.4) is 0 Å². The molecule has 2 N–H and O–H groups in total. The van der Waals surface area contributed by atoms with E-state index < -0.39 is 0 Å². The van der Waals surface area contributed by atoms with Crippen LogP contribution < -0.4 is 5.73 Å². The van der Waals surface area contributed by atoms with Gasteiger partial charge in [0, 0.05) is 11.4 Å². The predicted molar refractivity (Wildman–Crippen MR) is 70.2 cm³/mol. The molecule has 1 aliphatic carbocycles. The van der Waals surface area contributed by atoms with Gasteiger partial charge in [-0.1, -0.05) is 0 Å². The summed E-state index contributed by atoms with van der Waals surface area (Å²) in [6.07, 6.45) is 3.55. The molecular weight excluding hydrogens is 232 g/mol. The van der Waals surface area contributed by atoms with Gasteiger partial charge >= 0.3 is 0 Å². The molecule has 0 fully saturated rings. The van der Waals surface area contributed by atoms with Crippen molar-refractivity contribution in [2.24, 2.45) is 0 Å². The molecular formula is C12H16N4S. The molecule has 0 bridgehead atoms. The molecule has 1 aliphatic rings. The van der Waals surface area contributed by atoms with Gasteiger partial charge in [-0.15, -0.1) is 21.5 Å². The third-order valence-electron chi connectivity index (χ3n) is 3.42. The summed E-state index contributed by atoms with van der Waals surface area (Å²) in [7, 11) is 0. The second-order valence-corrected chi connectivity index (χ2v) is 5.55. The minimum absolute atomic E-state index is 0.887. The lowest BCUT2D eigenvalue weighted by atomic mass is 10.1. The quantitative estimate of drug-likeness (QED) is 0.888. The molecule has 0 atom stereocenters. The van der Waals surface area contributed by atoms with Crippen LogP contribution in [0.25, 0.3) is 11.4 Å². The lowest BCUT2D eigenvalue weighted by Crippen LogP contribution is -2.01. The molecule has 4 nitrogen and oxygen atoms in total. The van der Waals surface area contributed by atoms with Crippen molar-refractivity contribution in [3.05, 3.63) is 16.3 Å². The van der Waals surface area contributed by atoms with Gasteiger partial charge in [-0.05, 0) is 38.7 Å². The SMILES string of the molecule is CCn1c(C)nnc1-c1c(N)sc2c1CCC2. The zero-order valence-electron chi connectivity index (χ0n) is 10.2. The lowest BCUT2D eigenvalue weighted by molar-refractivity contribution is 0.736. The van der Waals surface area contributed by atoms with Crippen LogP contribution in [-0.2, 0) is 19.4 Å². The van der Waals surface area contributed by atoms with Crippen LogP contribution in [0.2, 0.25) is 0 Å². The number of thiophene rings is 1. The molecule has 0 radical (unpaired) electrons. The fraction of sp³-hybridized carbons (Fsp3) is 0.500. The van der Waals surface area contributed by atoms with Crippen LogP contribution in [0.4, 0.5) is 5.00 Å². The van der Waals surface area contributed by atoms with E-state index in [-0.39, 0.29) is 0 Å². The maximum Gasteiger partial charge on any atom is 0.167 e. The summed E-state index contributed by atoms with van der Waals surface area (Å²) in [5.41, 5.74) is 8.71. The maximum absolute atomic E-state index is 6.15. The Morgan fingerprint density at radius 1 is 1.35 bits per heavy atom. The van der Waals surface area contributed by atoms with E-state index in [1.54, 1.807) is 11.3 Å². The Bertz CT molecular complexity index is 567. The highest BCUT2D eigenvalue weighted by molar-refractivity contribution is 7.16. The molecule has 0 aromatic carbocycles. The minimum atomic E-state index is 0.887. The highest BCUT2D eigenvalue weighted by Gasteiger charge is 2.25. The second kappa shape index (κ2) is 3.84. The Kier molecular flexibility index (Phi) is 2.43. The molecule has 0 unspecified atom stereocenters. The highest BCUT2D eigenvalue weighted by Crippen LogP contribution is 2.42. The first kappa shape index (κ1) is 10.8. The number of rotatable bonds is 2. The summed E-state index contributed by atoms with van der Waals surface area (Å²) in [4.78, 5) is 1.45. The zero-order chi connectivity index (χ0) is 12.0. The van der Waals surface area contributed by atoms with Crippen LogP contribution >= 0.6 is 11.3 Å². The normalized spacial score (nSPS) is 14.2. The fourth-order valence-corrected chi connectivity index (χ4v) is 3.77. The summed E-state index contributed by atoms with van der Waals surface area (Å²) in [5, 5.41) is 9.38. The molecule has 2 heterocycles. The number of fused-ring (bicyclic) bond motifs is 1. The summed E-state index contributed by atoms with van der Waals surface area (Å²) >= 11 is 1.72. The van der Waals surface area contributed by atoms with Gasteiger partial charge in [-0.2, -0.15) is 0 Å². The van der Waals surface area contributed by atoms with Gasteiger partial charge in [-0.3, -0.25) is 0 Å². The standard InChI is InChI=1S/C12H16N4S/c1-3-16-7(2)14-15-12(16)10-8-5-4-6-9(8)17-11(10)13/h3-6,13H2,1-2H3. The average Bonchev–Trinajstić information content (AvgIpc) is 2.93. The Morgan fingerprint density at radius 3 is 2.94 bits per heavy atom. The monoisotopic (exact) mass is 248 g/mol. The maximum atomic E-state index is 6.15. The van der Waals surface area contributed by atoms with Gasteiger partial charge in [0.2, 0.25) is 0 Å². The summed E-state index contributed by atoms with van der Waals surface area (Å²) in [6, 6.07) is 0. The number of aromatic nitrogens is 3. The van der Waals surface area contributed by atoms with Gasteiger partial charge in [-0.25, -0.2) is 0 Å². The van der Waals surface area contributed by atoms with E-state index in [9.17, 15) is 0 Å². The molecule has 0 aliphatic heterocycles. The van der Waals surface area contributed by atoms with Crippen molar-refractivity contribution in [2.45, 2.75) is 39.7 Å². The van der Waals surface area contributed by atoms with Gasteiger partial charge in [0.1, 0.15) is 5.82 Å². The van der Waals surface area contributed by atoms with Crippen LogP contribution in [0.15, 0.2) is 0 Å². The second-order valence-electron chi connectivity index (χ2n) is 4.41. The first-order chi connectivity index (χ1) is 8.22. The Labute approximate surface area is 104 Å². The molecule has 0 amide bonds. The van der Waals surface area contributed by atoms with Gasteiger partial charge < -0.3 is 10.3 Å². The average molecular weight is 248 g/mol. The summed E-state index contributed by atoms with van der Waals surface area (Å²) in [6.45, 7) is 4.99. The van der Waals surface area contributed by atoms with E-state index in [0.29, 0.717) is 0 Å². The smallest absolute Gasteiger partial charge is 0.167 e. The van der Waals surface area contributed by atoms with E-state index >= 15 is 0 Å². The van der Waals surface area contributed by atoms with Crippen LogP contribution in [0.5, 0.6) is 0 Å². The third-order valence-corrected chi connectivity index (χ3v) is 4.55. The summed E-state index contributed by atoms with van der Waals surface area (Å²) < 4.78 is 2.14. The Morgan fingerprint density at radius 2 is 2.18 bits per heavy atom. The highest BCUT2D eigenvalue weighted by atomic mass is 32.1. The zero-order valence-corrected chi connectivity index (χ0v) is 11.0. The van der Waals surface area contributed by atoms with Gasteiger partial charge in [0.15, 0.2) is 5.82 Å². The topological polar surface area (TPSA) is 56.7 Å². The van der Waals surface area contributed by atoms with Crippen molar-refractivity contribution >= 4 is 16.3 Å². The van der Waals surface area contributed by atoms with Gasteiger partial charge in [0.05, 0.1) is 10.6 Å². The van der Waals surface area contributed by atoms with Crippen molar-refractivity contribution in [3.8, 4) is 11.4 Å². The van der Waals surface area contributed by atoms with Gasteiger partial charge in [0.25, 0.3) is 0 Å². The van der Waals surface area contributed by atoms with Crippen molar-refractivity contribution < 1.29 is 0 Å². The molecule has 17 heavy (non-hydrogen) atoms. The first-order valence-corrected chi connectivity index (χ1v) is 6.84. The van der Waals surface area contributed by atoms with Crippen molar-refractivity contribution in [3.63, 3.8) is 0 Å².